The topological polar surface area (TPSA) is 37.8 Å². The second kappa shape index (κ2) is 3.68. The van der Waals surface area contributed by atoms with E-state index in [4.69, 9.17) is 0 Å². The van der Waals surface area contributed by atoms with E-state index < -0.39 is 0 Å². The van der Waals surface area contributed by atoms with Crippen LogP contribution in [0.4, 0.5) is 0 Å². The number of aryl methyl sites for hydroxylation is 1. The van der Waals surface area contributed by atoms with Crippen LogP contribution in [0.2, 0.25) is 0 Å². The maximum Gasteiger partial charge on any atom is 0.116 e. The first kappa shape index (κ1) is 9.48. The summed E-state index contributed by atoms with van der Waals surface area (Å²) in [6, 6.07) is 8.35. The van der Waals surface area contributed by atoms with Crippen molar-refractivity contribution in [3.63, 3.8) is 0 Å². The molecule has 0 bridgehead atoms. The fraction of sp³-hybridized carbons (Fsp3) is 0.231. The van der Waals surface area contributed by atoms with Gasteiger partial charge in [0, 0.05) is 24.2 Å². The summed E-state index contributed by atoms with van der Waals surface area (Å²) in [4.78, 5) is 8.73. The van der Waals surface area contributed by atoms with Gasteiger partial charge in [-0.25, -0.2) is 9.97 Å². The molecule has 1 aliphatic rings. The zero-order valence-corrected chi connectivity index (χ0v) is 9.20. The van der Waals surface area contributed by atoms with E-state index in [2.05, 4.69) is 46.5 Å². The van der Waals surface area contributed by atoms with Crippen LogP contribution in [0.3, 0.4) is 0 Å². The summed E-state index contributed by atoms with van der Waals surface area (Å²) in [5.74, 6) is 0. The van der Waals surface area contributed by atoms with Gasteiger partial charge in [0.25, 0.3) is 0 Å². The Hall–Kier alpha value is -1.74. The van der Waals surface area contributed by atoms with Crippen molar-refractivity contribution in [3.05, 3.63) is 47.4 Å². The van der Waals surface area contributed by atoms with Gasteiger partial charge in [-0.2, -0.15) is 0 Å². The lowest BCUT2D eigenvalue weighted by molar-refractivity contribution is 0.758. The van der Waals surface area contributed by atoms with Gasteiger partial charge in [0.1, 0.15) is 6.33 Å². The van der Waals surface area contributed by atoms with Crippen molar-refractivity contribution in [1.29, 1.82) is 0 Å². The largest absolute Gasteiger partial charge is 0.307 e. The smallest absolute Gasteiger partial charge is 0.116 e. The number of nitrogens with zero attached hydrogens (tertiary/aromatic N) is 2. The molecular weight excluding hydrogens is 198 g/mol. The number of rotatable bonds is 1. The monoisotopic (exact) mass is 211 g/mol. The van der Waals surface area contributed by atoms with Gasteiger partial charge < -0.3 is 5.32 Å². The van der Waals surface area contributed by atoms with Crippen molar-refractivity contribution in [2.45, 2.75) is 20.0 Å². The number of nitrogens with one attached hydrogen (secondary N) is 1. The van der Waals surface area contributed by atoms with Gasteiger partial charge in [-0.05, 0) is 12.5 Å². The Morgan fingerprint density at radius 1 is 1.12 bits per heavy atom. The molecule has 2 aromatic rings. The third kappa shape index (κ3) is 1.41. The van der Waals surface area contributed by atoms with E-state index >= 15 is 0 Å². The Morgan fingerprint density at radius 3 is 2.88 bits per heavy atom. The van der Waals surface area contributed by atoms with Crippen LogP contribution in [0.15, 0.2) is 30.6 Å². The molecule has 0 saturated carbocycles. The van der Waals surface area contributed by atoms with Gasteiger partial charge in [0.2, 0.25) is 0 Å². The molecule has 0 radical (unpaired) electrons. The molecule has 2 heterocycles. The van der Waals surface area contributed by atoms with Crippen molar-refractivity contribution in [2.24, 2.45) is 0 Å². The average molecular weight is 211 g/mol. The van der Waals surface area contributed by atoms with Crippen molar-refractivity contribution in [2.75, 3.05) is 0 Å². The van der Waals surface area contributed by atoms with Crippen molar-refractivity contribution >= 4 is 0 Å². The Balaban J connectivity index is 2.21. The van der Waals surface area contributed by atoms with E-state index in [0.717, 1.165) is 24.5 Å². The number of hydrogen-bond acceptors (Lipinski definition) is 3. The fourth-order valence-electron chi connectivity index (χ4n) is 2.16. The average Bonchev–Trinajstić information content (AvgIpc) is 2.77. The van der Waals surface area contributed by atoms with Gasteiger partial charge in [-0.15, -0.1) is 0 Å². The van der Waals surface area contributed by atoms with Crippen LogP contribution in [0, 0.1) is 6.92 Å². The van der Waals surface area contributed by atoms with Crippen LogP contribution >= 0.6 is 0 Å². The Bertz CT molecular complexity index is 534. The summed E-state index contributed by atoms with van der Waals surface area (Å²) < 4.78 is 0. The van der Waals surface area contributed by atoms with E-state index in [9.17, 15) is 0 Å². The Kier molecular flexibility index (Phi) is 2.18. The summed E-state index contributed by atoms with van der Waals surface area (Å²) in [5, 5.41) is 3.31. The maximum atomic E-state index is 4.43. The third-order valence-electron chi connectivity index (χ3n) is 3.03. The molecule has 1 aromatic heterocycles. The van der Waals surface area contributed by atoms with E-state index in [1.807, 2.05) is 0 Å². The second-order valence-corrected chi connectivity index (χ2v) is 4.07. The Morgan fingerprint density at radius 2 is 2.00 bits per heavy atom. The molecule has 3 heteroatoms. The van der Waals surface area contributed by atoms with Crippen molar-refractivity contribution in [3.8, 4) is 11.3 Å². The minimum Gasteiger partial charge on any atom is -0.307 e. The molecule has 0 spiro atoms. The molecule has 0 unspecified atom stereocenters. The van der Waals surface area contributed by atoms with E-state index in [0.29, 0.717) is 0 Å². The molecule has 1 aliphatic heterocycles. The van der Waals surface area contributed by atoms with Crippen LogP contribution in [0.25, 0.3) is 11.3 Å². The lowest BCUT2D eigenvalue weighted by atomic mass is 10.0. The van der Waals surface area contributed by atoms with Crippen molar-refractivity contribution in [1.82, 2.24) is 15.3 Å². The molecule has 16 heavy (non-hydrogen) atoms. The van der Waals surface area contributed by atoms with Crippen LogP contribution < -0.4 is 5.32 Å². The number of hydrogen-bond donors (Lipinski definition) is 1. The molecule has 1 aromatic carbocycles. The Labute approximate surface area is 94.6 Å². The first-order valence-electron chi connectivity index (χ1n) is 5.46. The zero-order valence-electron chi connectivity index (χ0n) is 9.20. The second-order valence-electron chi connectivity index (χ2n) is 4.07. The predicted molar refractivity (Wildman–Crippen MR) is 62.7 cm³/mol. The standard InChI is InChI=1S/C13H13N3/c1-9-4-2-3-5-10(9)13-11-6-14-7-12(11)15-8-16-13/h2-5,8,14H,6-7H2,1H3. The minimum atomic E-state index is 0.858. The van der Waals surface area contributed by atoms with Crippen LogP contribution in [-0.4, -0.2) is 9.97 Å². The van der Waals surface area contributed by atoms with E-state index in [-0.39, 0.29) is 0 Å². The van der Waals surface area contributed by atoms with Gasteiger partial charge >= 0.3 is 0 Å². The quantitative estimate of drug-likeness (QED) is 0.784. The highest BCUT2D eigenvalue weighted by Gasteiger charge is 2.17. The van der Waals surface area contributed by atoms with E-state index in [1.54, 1.807) is 6.33 Å². The highest BCUT2D eigenvalue weighted by atomic mass is 15.0. The number of benzene rings is 1. The molecule has 0 atom stereocenters. The zero-order chi connectivity index (χ0) is 11.0. The molecule has 0 fully saturated rings. The summed E-state index contributed by atoms with van der Waals surface area (Å²) in [6.07, 6.45) is 1.66. The minimum absolute atomic E-state index is 0.858. The highest BCUT2D eigenvalue weighted by Crippen LogP contribution is 2.27. The van der Waals surface area contributed by atoms with Gasteiger partial charge in [-0.3, -0.25) is 0 Å². The van der Waals surface area contributed by atoms with Gasteiger partial charge in [-0.1, -0.05) is 24.3 Å². The summed E-state index contributed by atoms with van der Waals surface area (Å²) in [6.45, 7) is 3.85. The third-order valence-corrected chi connectivity index (χ3v) is 3.03. The SMILES string of the molecule is Cc1ccccc1-c1ncnc2c1CNC2. The first-order valence-corrected chi connectivity index (χ1v) is 5.46. The highest BCUT2D eigenvalue weighted by molar-refractivity contribution is 5.67. The normalized spacial score (nSPS) is 13.8. The number of fused-ring (bicyclic) bond motifs is 1. The van der Waals surface area contributed by atoms with Crippen LogP contribution in [0.5, 0.6) is 0 Å². The molecule has 0 aliphatic carbocycles. The lowest BCUT2D eigenvalue weighted by Crippen LogP contribution is -2.00. The van der Waals surface area contributed by atoms with Gasteiger partial charge in [0.15, 0.2) is 0 Å². The summed E-state index contributed by atoms with van der Waals surface area (Å²) in [7, 11) is 0. The fourth-order valence-corrected chi connectivity index (χ4v) is 2.16. The molecule has 3 nitrogen and oxygen atoms in total. The number of aromatic nitrogens is 2. The maximum absolute atomic E-state index is 4.43. The summed E-state index contributed by atoms with van der Waals surface area (Å²) >= 11 is 0. The molecular formula is C13H13N3. The molecule has 1 N–H and O–H groups in total. The van der Waals surface area contributed by atoms with Crippen LogP contribution in [0.1, 0.15) is 16.8 Å². The first-order chi connectivity index (χ1) is 7.86. The van der Waals surface area contributed by atoms with Crippen LogP contribution in [-0.2, 0) is 13.1 Å². The molecule has 3 rings (SSSR count). The molecule has 0 amide bonds. The lowest BCUT2D eigenvalue weighted by Gasteiger charge is -2.08. The molecule has 0 saturated heterocycles. The predicted octanol–water partition coefficient (Wildman–Crippen LogP) is 2.06. The summed E-state index contributed by atoms with van der Waals surface area (Å²) in [5.41, 5.74) is 5.93. The van der Waals surface area contributed by atoms with Crippen molar-refractivity contribution < 1.29 is 0 Å². The molecule has 80 valence electrons. The van der Waals surface area contributed by atoms with E-state index in [1.165, 1.54) is 16.7 Å². The van der Waals surface area contributed by atoms with Gasteiger partial charge in [0.05, 0.1) is 11.4 Å².